The molecule has 0 bridgehead atoms. The third-order valence-corrected chi connectivity index (χ3v) is 4.22. The van der Waals surface area contributed by atoms with Crippen molar-refractivity contribution in [2.45, 2.75) is 13.3 Å². The van der Waals surface area contributed by atoms with Crippen molar-refractivity contribution in [2.24, 2.45) is 0 Å². The number of nitrogens with one attached hydrogen (secondary N) is 1. The molecule has 0 saturated heterocycles. The van der Waals surface area contributed by atoms with Crippen molar-refractivity contribution < 1.29 is 13.4 Å². The molecular formula is C19H14N6O3. The van der Waals surface area contributed by atoms with Crippen LogP contribution in [0.1, 0.15) is 17.3 Å². The quantitative estimate of drug-likeness (QED) is 0.495. The number of rotatable bonds is 5. The summed E-state index contributed by atoms with van der Waals surface area (Å²) < 4.78 is 16.4. The number of aromatic nitrogens is 6. The lowest BCUT2D eigenvalue weighted by Gasteiger charge is -1.98. The molecule has 0 saturated carbocycles. The zero-order chi connectivity index (χ0) is 18.9. The van der Waals surface area contributed by atoms with Crippen LogP contribution >= 0.6 is 0 Å². The molecule has 0 fully saturated rings. The molecule has 1 aromatic carbocycles. The molecule has 138 valence electrons. The van der Waals surface area contributed by atoms with Gasteiger partial charge in [0.1, 0.15) is 12.1 Å². The van der Waals surface area contributed by atoms with E-state index in [9.17, 15) is 0 Å². The van der Waals surface area contributed by atoms with Crippen LogP contribution in [-0.4, -0.2) is 30.3 Å². The zero-order valence-electron chi connectivity index (χ0n) is 14.8. The van der Waals surface area contributed by atoms with E-state index in [0.717, 1.165) is 16.8 Å². The average Bonchev–Trinajstić information content (AvgIpc) is 3.51. The minimum atomic E-state index is 0.366. The summed E-state index contributed by atoms with van der Waals surface area (Å²) in [7, 11) is 0. The normalized spacial score (nSPS) is 11.2. The lowest BCUT2D eigenvalue weighted by molar-refractivity contribution is 0.384. The molecule has 4 aromatic heterocycles. The average molecular weight is 374 g/mol. The summed E-state index contributed by atoms with van der Waals surface area (Å²) in [5.74, 6) is 3.29. The molecule has 0 amide bonds. The fraction of sp³-hybridized carbons (Fsp3) is 0.105. The van der Waals surface area contributed by atoms with Crippen molar-refractivity contribution in [3.05, 3.63) is 66.3 Å². The molecule has 9 nitrogen and oxygen atoms in total. The van der Waals surface area contributed by atoms with Crippen molar-refractivity contribution in [1.29, 1.82) is 0 Å². The summed E-state index contributed by atoms with van der Waals surface area (Å²) in [6, 6.07) is 11.2. The second-order valence-electron chi connectivity index (χ2n) is 6.10. The van der Waals surface area contributed by atoms with E-state index < -0.39 is 0 Å². The number of H-pyrrole nitrogens is 1. The number of furan rings is 1. The van der Waals surface area contributed by atoms with Crippen LogP contribution in [0.5, 0.6) is 0 Å². The van der Waals surface area contributed by atoms with Crippen LogP contribution in [0.15, 0.2) is 62.3 Å². The van der Waals surface area contributed by atoms with Gasteiger partial charge in [-0.05, 0) is 25.1 Å². The van der Waals surface area contributed by atoms with E-state index in [2.05, 4.69) is 30.3 Å². The van der Waals surface area contributed by atoms with Crippen LogP contribution in [0.2, 0.25) is 0 Å². The molecule has 0 aliphatic carbocycles. The third kappa shape index (κ3) is 2.98. The van der Waals surface area contributed by atoms with Gasteiger partial charge < -0.3 is 13.4 Å². The minimum Gasteiger partial charge on any atom is -0.459 e. The monoisotopic (exact) mass is 374 g/mol. The lowest BCUT2D eigenvalue weighted by atomic mass is 10.1. The SMILES string of the molecule is Cc1oc(-c2ccco2)nc1Cc1nc(-c2cccc(-c3ncn[nH]3)c2)no1. The van der Waals surface area contributed by atoms with E-state index in [1.807, 2.05) is 31.2 Å². The van der Waals surface area contributed by atoms with Gasteiger partial charge in [0.2, 0.25) is 11.7 Å². The van der Waals surface area contributed by atoms with Crippen LogP contribution < -0.4 is 0 Å². The number of hydrogen-bond donors (Lipinski definition) is 1. The highest BCUT2D eigenvalue weighted by molar-refractivity contribution is 5.65. The first-order chi connectivity index (χ1) is 13.8. The molecule has 5 aromatic rings. The number of hydrogen-bond acceptors (Lipinski definition) is 8. The highest BCUT2D eigenvalue weighted by Crippen LogP contribution is 2.25. The number of oxazole rings is 1. The maximum atomic E-state index is 5.67. The van der Waals surface area contributed by atoms with Crippen molar-refractivity contribution in [3.8, 4) is 34.4 Å². The second-order valence-corrected chi connectivity index (χ2v) is 6.10. The smallest absolute Gasteiger partial charge is 0.263 e. The van der Waals surface area contributed by atoms with Gasteiger partial charge in [0.15, 0.2) is 11.6 Å². The molecule has 0 atom stereocenters. The summed E-state index contributed by atoms with van der Waals surface area (Å²) in [5.41, 5.74) is 2.42. The first-order valence-electron chi connectivity index (χ1n) is 8.55. The van der Waals surface area contributed by atoms with E-state index in [4.69, 9.17) is 13.4 Å². The predicted molar refractivity (Wildman–Crippen MR) is 96.9 cm³/mol. The Kier molecular flexibility index (Phi) is 3.82. The standard InChI is InChI=1S/C19H14N6O3/c1-11-14(22-19(27-11)15-6-3-7-26-15)9-16-23-18(25-28-16)13-5-2-4-12(8-13)17-20-10-21-24-17/h2-8,10H,9H2,1H3,(H,20,21,24). The number of benzene rings is 1. The fourth-order valence-electron chi connectivity index (χ4n) is 2.83. The van der Waals surface area contributed by atoms with Crippen molar-refractivity contribution in [2.75, 3.05) is 0 Å². The summed E-state index contributed by atoms with van der Waals surface area (Å²) >= 11 is 0. The van der Waals surface area contributed by atoms with Crippen LogP contribution in [0.3, 0.4) is 0 Å². The number of nitrogens with zero attached hydrogens (tertiary/aromatic N) is 5. The lowest BCUT2D eigenvalue weighted by Crippen LogP contribution is -1.91. The summed E-state index contributed by atoms with van der Waals surface area (Å²) in [6.07, 6.45) is 3.41. The molecule has 0 spiro atoms. The van der Waals surface area contributed by atoms with Crippen molar-refractivity contribution in [1.82, 2.24) is 30.3 Å². The predicted octanol–water partition coefficient (Wildman–Crippen LogP) is 3.67. The van der Waals surface area contributed by atoms with Crippen molar-refractivity contribution >= 4 is 0 Å². The molecule has 0 aliphatic heterocycles. The second kappa shape index (κ2) is 6.62. The molecule has 5 rings (SSSR count). The maximum Gasteiger partial charge on any atom is 0.263 e. The topological polar surface area (TPSA) is 120 Å². The van der Waals surface area contributed by atoms with Gasteiger partial charge in [-0.3, -0.25) is 5.10 Å². The Balaban J connectivity index is 1.39. The Hall–Kier alpha value is -4.01. The van der Waals surface area contributed by atoms with E-state index >= 15 is 0 Å². The van der Waals surface area contributed by atoms with Gasteiger partial charge in [-0.2, -0.15) is 10.1 Å². The van der Waals surface area contributed by atoms with Gasteiger partial charge in [-0.25, -0.2) is 9.97 Å². The summed E-state index contributed by atoms with van der Waals surface area (Å²) in [4.78, 5) is 13.1. The van der Waals surface area contributed by atoms with Crippen LogP contribution in [-0.2, 0) is 6.42 Å². The summed E-state index contributed by atoms with van der Waals surface area (Å²) in [6.45, 7) is 1.84. The Morgan fingerprint density at radius 2 is 2.00 bits per heavy atom. The van der Waals surface area contributed by atoms with Gasteiger partial charge in [-0.1, -0.05) is 23.4 Å². The van der Waals surface area contributed by atoms with E-state index in [1.54, 1.807) is 18.4 Å². The Morgan fingerprint density at radius 1 is 1.07 bits per heavy atom. The van der Waals surface area contributed by atoms with Crippen molar-refractivity contribution in [3.63, 3.8) is 0 Å². The number of aromatic amines is 1. The molecule has 28 heavy (non-hydrogen) atoms. The molecule has 4 heterocycles. The first kappa shape index (κ1) is 16.2. The molecular weight excluding hydrogens is 360 g/mol. The molecule has 0 radical (unpaired) electrons. The first-order valence-corrected chi connectivity index (χ1v) is 8.55. The highest BCUT2D eigenvalue weighted by atomic mass is 16.5. The van der Waals surface area contributed by atoms with Gasteiger partial charge in [0.25, 0.3) is 5.89 Å². The zero-order valence-corrected chi connectivity index (χ0v) is 14.8. The van der Waals surface area contributed by atoms with Crippen LogP contribution in [0.4, 0.5) is 0 Å². The molecule has 1 N–H and O–H groups in total. The Morgan fingerprint density at radius 3 is 2.82 bits per heavy atom. The van der Waals surface area contributed by atoms with Gasteiger partial charge in [0.05, 0.1) is 18.4 Å². The molecule has 9 heteroatoms. The fourth-order valence-corrected chi connectivity index (χ4v) is 2.83. The van der Waals surface area contributed by atoms with E-state index in [-0.39, 0.29) is 0 Å². The minimum absolute atomic E-state index is 0.366. The van der Waals surface area contributed by atoms with Gasteiger partial charge in [0, 0.05) is 11.1 Å². The molecule has 0 aliphatic rings. The van der Waals surface area contributed by atoms with Crippen LogP contribution in [0.25, 0.3) is 34.4 Å². The van der Waals surface area contributed by atoms with E-state index in [1.165, 1.54) is 6.33 Å². The number of aryl methyl sites for hydroxylation is 1. The maximum absolute atomic E-state index is 5.67. The van der Waals surface area contributed by atoms with Gasteiger partial charge >= 0.3 is 0 Å². The molecule has 0 unspecified atom stereocenters. The summed E-state index contributed by atoms with van der Waals surface area (Å²) in [5, 5.41) is 10.8. The largest absolute Gasteiger partial charge is 0.459 e. The third-order valence-electron chi connectivity index (χ3n) is 4.22. The highest BCUT2D eigenvalue weighted by Gasteiger charge is 2.17. The van der Waals surface area contributed by atoms with E-state index in [0.29, 0.717) is 41.4 Å². The Bertz CT molecular complexity index is 1200. The van der Waals surface area contributed by atoms with Crippen LogP contribution in [0, 0.1) is 6.92 Å². The van der Waals surface area contributed by atoms with Gasteiger partial charge in [-0.15, -0.1) is 0 Å². The Labute approximate surface area is 158 Å².